The number of esters is 2. The Morgan fingerprint density at radius 1 is 1.06 bits per heavy atom. The number of non-ortho nitro benzene ring substituents is 1. The van der Waals surface area contributed by atoms with Crippen molar-refractivity contribution in [2.24, 2.45) is 10.2 Å². The van der Waals surface area contributed by atoms with Gasteiger partial charge in [0.1, 0.15) is 30.5 Å². The van der Waals surface area contributed by atoms with Gasteiger partial charge >= 0.3 is 11.9 Å². The van der Waals surface area contributed by atoms with Crippen molar-refractivity contribution in [2.45, 2.75) is 6.92 Å². The number of nitrogens with zero attached hydrogens (tertiary/aromatic N) is 5. The fourth-order valence-electron chi connectivity index (χ4n) is 2.70. The van der Waals surface area contributed by atoms with Gasteiger partial charge in [0, 0.05) is 24.7 Å². The molecule has 0 aliphatic heterocycles. The first-order valence-electron chi connectivity index (χ1n) is 9.59. The molecule has 0 spiro atoms. The molecule has 0 saturated heterocycles. The van der Waals surface area contributed by atoms with Crippen LogP contribution in [0.25, 0.3) is 0 Å². The second kappa shape index (κ2) is 11.7. The van der Waals surface area contributed by atoms with Gasteiger partial charge in [-0.2, -0.15) is 5.26 Å². The van der Waals surface area contributed by atoms with Crippen LogP contribution in [0.4, 0.5) is 28.4 Å². The summed E-state index contributed by atoms with van der Waals surface area (Å²) in [4.78, 5) is 47.0. The molecule has 0 aliphatic rings. The highest BCUT2D eigenvalue weighted by molar-refractivity contribution is 5.93. The average Bonchev–Trinajstić information content (AvgIpc) is 2.81. The van der Waals surface area contributed by atoms with Gasteiger partial charge in [-0.05, 0) is 24.3 Å². The first kappa shape index (κ1) is 25.4. The number of nitro benzene ring substituents is 1. The van der Waals surface area contributed by atoms with Crippen LogP contribution in [0.1, 0.15) is 12.5 Å². The van der Waals surface area contributed by atoms with Gasteiger partial charge in [-0.1, -0.05) is 0 Å². The monoisotopic (exact) mass is 468 g/mol. The Labute approximate surface area is 193 Å². The molecule has 0 heterocycles. The number of carbonyl (C=O) groups excluding carboxylic acids is 3. The Hall–Kier alpha value is -4.86. The lowest BCUT2D eigenvalue weighted by Crippen LogP contribution is -2.35. The number of nitrogens with one attached hydrogen (secondary N) is 1. The van der Waals surface area contributed by atoms with Gasteiger partial charge < -0.3 is 19.7 Å². The zero-order chi connectivity index (χ0) is 25.3. The van der Waals surface area contributed by atoms with E-state index in [1.165, 1.54) is 56.4 Å². The van der Waals surface area contributed by atoms with Gasteiger partial charge in [-0.15, -0.1) is 10.2 Å². The first-order valence-corrected chi connectivity index (χ1v) is 9.59. The summed E-state index contributed by atoms with van der Waals surface area (Å²) in [6.07, 6.45) is 0. The number of rotatable bonds is 9. The Morgan fingerprint density at radius 2 is 1.65 bits per heavy atom. The van der Waals surface area contributed by atoms with E-state index in [9.17, 15) is 29.8 Å². The molecular formula is C21H20N6O7. The third kappa shape index (κ3) is 6.82. The van der Waals surface area contributed by atoms with Crippen LogP contribution < -0.4 is 10.2 Å². The van der Waals surface area contributed by atoms with Gasteiger partial charge in [0.05, 0.1) is 30.4 Å². The number of nitriles is 1. The van der Waals surface area contributed by atoms with Crippen LogP contribution >= 0.6 is 0 Å². The quantitative estimate of drug-likeness (QED) is 0.251. The van der Waals surface area contributed by atoms with E-state index in [0.29, 0.717) is 5.69 Å². The summed E-state index contributed by atoms with van der Waals surface area (Å²) in [6.45, 7) is 0.749. The predicted octanol–water partition coefficient (Wildman–Crippen LogP) is 2.99. The number of hydrogen-bond donors (Lipinski definition) is 1. The number of carbonyl (C=O) groups is 3. The summed E-state index contributed by atoms with van der Waals surface area (Å²) < 4.78 is 9.33. The standard InChI is InChI=1S/C21H20N6O7/c1-13(28)23-19-9-15(26(11-20(29)33-2)12-21(30)34-3)4-7-18(19)25-24-17-6-5-16(27(31)32)8-14(17)10-22/h4-9H,11-12H2,1-3H3,(H,23,28). The second-order valence-corrected chi connectivity index (χ2v) is 6.66. The number of ether oxygens (including phenoxy) is 2. The Bertz CT molecular complexity index is 1170. The Morgan fingerprint density at radius 3 is 2.18 bits per heavy atom. The second-order valence-electron chi connectivity index (χ2n) is 6.66. The van der Waals surface area contributed by atoms with E-state index in [1.807, 2.05) is 6.07 Å². The number of nitro groups is 1. The normalized spacial score (nSPS) is 10.3. The Balaban J connectivity index is 2.46. The molecule has 0 aromatic heterocycles. The summed E-state index contributed by atoms with van der Waals surface area (Å²) in [5.41, 5.74) is 0.537. The van der Waals surface area contributed by atoms with Crippen molar-refractivity contribution < 1.29 is 28.8 Å². The molecule has 0 bridgehead atoms. The number of methoxy groups -OCH3 is 2. The molecule has 13 heteroatoms. The highest BCUT2D eigenvalue weighted by Gasteiger charge is 2.18. The number of benzene rings is 2. The maximum Gasteiger partial charge on any atom is 0.325 e. The van der Waals surface area contributed by atoms with E-state index in [-0.39, 0.29) is 41.4 Å². The molecule has 0 atom stereocenters. The van der Waals surface area contributed by atoms with Crippen molar-refractivity contribution in [1.82, 2.24) is 0 Å². The van der Waals surface area contributed by atoms with Crippen LogP contribution in [0.2, 0.25) is 0 Å². The van der Waals surface area contributed by atoms with E-state index in [1.54, 1.807) is 0 Å². The van der Waals surface area contributed by atoms with E-state index in [4.69, 9.17) is 0 Å². The van der Waals surface area contributed by atoms with E-state index < -0.39 is 22.8 Å². The van der Waals surface area contributed by atoms with Crippen LogP contribution in [-0.2, 0) is 23.9 Å². The summed E-state index contributed by atoms with van der Waals surface area (Å²) in [5.74, 6) is -1.62. The summed E-state index contributed by atoms with van der Waals surface area (Å²) >= 11 is 0. The molecule has 2 aromatic rings. The minimum atomic E-state index is -0.635. The number of anilines is 2. The van der Waals surface area contributed by atoms with E-state index >= 15 is 0 Å². The lowest BCUT2D eigenvalue weighted by molar-refractivity contribution is -0.384. The molecule has 34 heavy (non-hydrogen) atoms. The highest BCUT2D eigenvalue weighted by Crippen LogP contribution is 2.33. The summed E-state index contributed by atoms with van der Waals surface area (Å²) in [5, 5.41) is 30.8. The van der Waals surface area contributed by atoms with Gasteiger partial charge in [-0.3, -0.25) is 24.5 Å². The SMILES string of the molecule is COC(=O)CN(CC(=O)OC)c1ccc(N=Nc2ccc([N+](=O)[O-])cc2C#N)c(NC(C)=O)c1. The van der Waals surface area contributed by atoms with E-state index in [2.05, 4.69) is 25.0 Å². The van der Waals surface area contributed by atoms with Crippen molar-refractivity contribution in [3.8, 4) is 6.07 Å². The van der Waals surface area contributed by atoms with Crippen LogP contribution in [0.3, 0.4) is 0 Å². The predicted molar refractivity (Wildman–Crippen MR) is 119 cm³/mol. The number of azo groups is 1. The van der Waals surface area contributed by atoms with Crippen molar-refractivity contribution in [1.29, 1.82) is 5.26 Å². The lowest BCUT2D eigenvalue weighted by Gasteiger charge is -2.23. The summed E-state index contributed by atoms with van der Waals surface area (Å²) in [6, 6.07) is 9.84. The van der Waals surface area contributed by atoms with Crippen molar-refractivity contribution in [3.05, 3.63) is 52.1 Å². The van der Waals surface area contributed by atoms with Crippen LogP contribution in [-0.4, -0.2) is 50.1 Å². The van der Waals surface area contributed by atoms with Crippen molar-refractivity contribution in [2.75, 3.05) is 37.5 Å². The van der Waals surface area contributed by atoms with Gasteiger partial charge in [-0.25, -0.2) is 0 Å². The molecule has 0 radical (unpaired) electrons. The average molecular weight is 468 g/mol. The topological polar surface area (TPSA) is 177 Å². The minimum absolute atomic E-state index is 0.0574. The minimum Gasteiger partial charge on any atom is -0.468 e. The molecule has 0 aliphatic carbocycles. The van der Waals surface area contributed by atoms with Crippen LogP contribution in [0.15, 0.2) is 46.6 Å². The molecule has 2 aromatic carbocycles. The third-order valence-electron chi connectivity index (χ3n) is 4.33. The zero-order valence-electron chi connectivity index (χ0n) is 18.5. The van der Waals surface area contributed by atoms with Gasteiger partial charge in [0.25, 0.3) is 5.69 Å². The molecule has 176 valence electrons. The maximum atomic E-state index is 11.8. The fourth-order valence-corrected chi connectivity index (χ4v) is 2.70. The van der Waals surface area contributed by atoms with Crippen LogP contribution in [0, 0.1) is 21.4 Å². The highest BCUT2D eigenvalue weighted by atomic mass is 16.6. The molecular weight excluding hydrogens is 448 g/mol. The largest absolute Gasteiger partial charge is 0.468 e. The van der Waals surface area contributed by atoms with Crippen molar-refractivity contribution in [3.63, 3.8) is 0 Å². The maximum absolute atomic E-state index is 11.8. The summed E-state index contributed by atoms with van der Waals surface area (Å²) in [7, 11) is 2.41. The Kier molecular flexibility index (Phi) is 8.72. The lowest BCUT2D eigenvalue weighted by atomic mass is 10.2. The fraction of sp³-hybridized carbons (Fsp3) is 0.238. The van der Waals surface area contributed by atoms with Gasteiger partial charge in [0.15, 0.2) is 0 Å². The molecule has 1 amide bonds. The molecule has 0 saturated carbocycles. The van der Waals surface area contributed by atoms with E-state index in [0.717, 1.165) is 6.07 Å². The first-order chi connectivity index (χ1) is 16.2. The molecule has 0 unspecified atom stereocenters. The molecule has 0 fully saturated rings. The van der Waals surface area contributed by atoms with Crippen molar-refractivity contribution >= 4 is 46.3 Å². The molecule has 1 N–H and O–H groups in total. The molecule has 13 nitrogen and oxygen atoms in total. The smallest absolute Gasteiger partial charge is 0.325 e. The third-order valence-corrected chi connectivity index (χ3v) is 4.33. The number of amides is 1. The molecule has 2 rings (SSSR count). The number of hydrogen-bond acceptors (Lipinski definition) is 11. The van der Waals surface area contributed by atoms with Crippen LogP contribution in [0.5, 0.6) is 0 Å². The van der Waals surface area contributed by atoms with Gasteiger partial charge in [0.2, 0.25) is 5.91 Å². The zero-order valence-corrected chi connectivity index (χ0v) is 18.5.